The Bertz CT molecular complexity index is 1770. The van der Waals surface area contributed by atoms with Crippen LogP contribution in [0.2, 0.25) is 5.02 Å². The third-order valence-corrected chi connectivity index (χ3v) is 10.9. The molecule has 252 valence electrons. The van der Waals surface area contributed by atoms with E-state index in [-0.39, 0.29) is 40.7 Å². The average Bonchev–Trinajstić information content (AvgIpc) is 3.61. The minimum absolute atomic E-state index is 0.0557. The summed E-state index contributed by atoms with van der Waals surface area (Å²) in [6, 6.07) is 8.52. The monoisotopic (exact) mass is 710 g/mol. The first-order valence-electron chi connectivity index (χ1n) is 14.9. The Morgan fingerprint density at radius 2 is 1.77 bits per heavy atom. The van der Waals surface area contributed by atoms with E-state index < -0.39 is 42.7 Å². The topological polar surface area (TPSA) is 148 Å². The maximum absolute atomic E-state index is 14.3. The molecule has 0 spiro atoms. The van der Waals surface area contributed by atoms with Crippen LogP contribution in [-0.2, 0) is 24.6 Å². The third-order valence-electron chi connectivity index (χ3n) is 8.54. The van der Waals surface area contributed by atoms with Crippen molar-refractivity contribution < 1.29 is 42.3 Å². The molecule has 0 radical (unpaired) electrons. The van der Waals surface area contributed by atoms with Gasteiger partial charge < -0.3 is 29.8 Å². The number of hydrogen-bond acceptors (Lipinski definition) is 6. The molecule has 1 aromatic heterocycles. The zero-order valence-electron chi connectivity index (χ0n) is 25.7. The predicted octanol–water partition coefficient (Wildman–Crippen LogP) is 4.93. The van der Waals surface area contributed by atoms with Crippen molar-refractivity contribution in [1.82, 2.24) is 15.1 Å². The van der Waals surface area contributed by atoms with Crippen LogP contribution in [0, 0.1) is 0 Å². The quantitative estimate of drug-likeness (QED) is 0.295. The molecule has 3 aromatic rings. The Morgan fingerprint density at radius 3 is 2.38 bits per heavy atom. The minimum Gasteiger partial charge on any atom is -0.340 e. The summed E-state index contributed by atoms with van der Waals surface area (Å²) in [5.41, 5.74) is -4.71. The fourth-order valence-corrected chi connectivity index (χ4v) is 7.74. The van der Waals surface area contributed by atoms with Gasteiger partial charge in [0.25, 0.3) is 5.91 Å². The molecule has 2 aliphatic rings. The second-order valence-electron chi connectivity index (χ2n) is 12.0. The van der Waals surface area contributed by atoms with E-state index in [1.165, 1.54) is 28.9 Å². The Kier molecular flexibility index (Phi) is 9.83. The molecule has 5 rings (SSSR count). The summed E-state index contributed by atoms with van der Waals surface area (Å²) in [5.74, 6) is -1.79. The third kappa shape index (κ3) is 6.93. The van der Waals surface area contributed by atoms with Crippen molar-refractivity contribution in [2.24, 2.45) is 0 Å². The van der Waals surface area contributed by atoms with Crippen molar-refractivity contribution in [1.29, 1.82) is 0 Å². The highest BCUT2D eigenvalue weighted by Crippen LogP contribution is 2.59. The summed E-state index contributed by atoms with van der Waals surface area (Å²) < 4.78 is 40.4. The molecule has 0 saturated carbocycles. The summed E-state index contributed by atoms with van der Waals surface area (Å²) in [6.45, 7) is 5.26. The van der Waals surface area contributed by atoms with Crippen LogP contribution < -0.4 is 10.2 Å². The number of hydrogen-bond donors (Lipinski definition) is 3. The molecule has 0 bridgehead atoms. The lowest BCUT2D eigenvalue weighted by atomic mass is 10.1. The Hall–Kier alpha value is -3.42. The van der Waals surface area contributed by atoms with E-state index in [9.17, 15) is 32.5 Å². The SMILES string of the molecule is CC(=O)N1CC[C@H]2CC[C@@H](C(=O)N(c3ccc(Cl)cc3)C(C)C)N2C(=O)[C@@H](NC(=O)c2cc3cc(C(F)(F)P(=O)(O)O)ccc3s2)C1. The van der Waals surface area contributed by atoms with Crippen LogP contribution in [0.1, 0.15) is 55.3 Å². The van der Waals surface area contributed by atoms with Crippen LogP contribution >= 0.6 is 30.5 Å². The van der Waals surface area contributed by atoms with Gasteiger partial charge >= 0.3 is 13.3 Å². The standard InChI is InChI=1S/C31H34ClF2N4O7PS/c1-17(2)37(22-7-5-21(32)6-8-22)30(42)25-10-9-23-12-13-36(18(3)39)16-24(29(41)38(23)25)35-28(40)27-15-19-14-20(4-11-26(19)47-27)31(33,34)46(43,44)45/h4-8,11,14-15,17,23-25H,9-10,12-13,16H2,1-3H3,(H,35,40)(H2,43,44,45)/t23-,24+,25+/m1/s1. The van der Waals surface area contributed by atoms with Crippen LogP contribution in [0.25, 0.3) is 10.1 Å². The summed E-state index contributed by atoms with van der Waals surface area (Å²) in [5, 5.41) is 3.37. The number of thiophene rings is 1. The van der Waals surface area contributed by atoms with Gasteiger partial charge in [0.1, 0.15) is 12.1 Å². The molecule has 11 nitrogen and oxygen atoms in total. The molecular weight excluding hydrogens is 677 g/mol. The number of fused-ring (bicyclic) bond motifs is 2. The average molecular weight is 711 g/mol. The van der Waals surface area contributed by atoms with Gasteiger partial charge in [0.15, 0.2) is 0 Å². The number of benzene rings is 2. The molecule has 4 amide bonds. The van der Waals surface area contributed by atoms with Crippen molar-refractivity contribution >= 4 is 69.9 Å². The fraction of sp³-hybridized carbons (Fsp3) is 0.419. The van der Waals surface area contributed by atoms with E-state index in [0.717, 1.165) is 23.5 Å². The number of nitrogens with one attached hydrogen (secondary N) is 1. The lowest BCUT2D eigenvalue weighted by Crippen LogP contribution is -2.61. The molecule has 3 heterocycles. The molecule has 0 unspecified atom stereocenters. The molecule has 2 saturated heterocycles. The number of carbonyl (C=O) groups is 4. The summed E-state index contributed by atoms with van der Waals surface area (Å²) in [4.78, 5) is 77.3. The van der Waals surface area contributed by atoms with Crippen LogP contribution in [0.3, 0.4) is 0 Å². The number of amides is 4. The van der Waals surface area contributed by atoms with Gasteiger partial charge in [-0.15, -0.1) is 11.3 Å². The molecule has 3 atom stereocenters. The summed E-state index contributed by atoms with van der Waals surface area (Å²) in [7, 11) is -5.80. The lowest BCUT2D eigenvalue weighted by molar-refractivity contribution is -0.144. The van der Waals surface area contributed by atoms with Crippen LogP contribution in [0.4, 0.5) is 14.5 Å². The highest BCUT2D eigenvalue weighted by molar-refractivity contribution is 7.52. The number of halogens is 3. The lowest BCUT2D eigenvalue weighted by Gasteiger charge is -2.40. The number of rotatable bonds is 7. The highest BCUT2D eigenvalue weighted by atomic mass is 35.5. The smallest absolute Gasteiger partial charge is 0.340 e. The summed E-state index contributed by atoms with van der Waals surface area (Å²) >= 11 is 7.01. The largest absolute Gasteiger partial charge is 0.399 e. The molecule has 3 N–H and O–H groups in total. The van der Waals surface area contributed by atoms with Gasteiger partial charge in [0, 0.05) is 53.1 Å². The number of carbonyl (C=O) groups excluding carboxylic acids is 4. The zero-order chi connectivity index (χ0) is 34.4. The van der Waals surface area contributed by atoms with Gasteiger partial charge in [0.05, 0.1) is 4.88 Å². The van der Waals surface area contributed by atoms with Crippen LogP contribution in [0.15, 0.2) is 48.5 Å². The summed E-state index contributed by atoms with van der Waals surface area (Å²) in [6.07, 6.45) is 1.37. The second-order valence-corrected chi connectivity index (χ2v) is 15.2. The number of anilines is 1. The maximum atomic E-state index is 14.3. The van der Waals surface area contributed by atoms with Gasteiger partial charge in [-0.3, -0.25) is 23.7 Å². The highest BCUT2D eigenvalue weighted by Gasteiger charge is 2.50. The maximum Gasteiger partial charge on any atom is 0.399 e. The molecule has 2 aromatic carbocycles. The molecule has 2 aliphatic heterocycles. The van der Waals surface area contributed by atoms with Crippen LogP contribution in [-0.4, -0.2) is 80.5 Å². The van der Waals surface area contributed by atoms with E-state index in [2.05, 4.69) is 5.32 Å². The molecule has 16 heteroatoms. The van der Waals surface area contributed by atoms with Crippen molar-refractivity contribution in [2.45, 2.75) is 69.9 Å². The number of alkyl halides is 2. The van der Waals surface area contributed by atoms with Gasteiger partial charge in [-0.2, -0.15) is 8.78 Å². The van der Waals surface area contributed by atoms with Crippen molar-refractivity contribution in [3.8, 4) is 0 Å². The van der Waals surface area contributed by atoms with Crippen LogP contribution in [0.5, 0.6) is 0 Å². The van der Waals surface area contributed by atoms with E-state index in [1.54, 1.807) is 29.2 Å². The van der Waals surface area contributed by atoms with E-state index >= 15 is 0 Å². The van der Waals surface area contributed by atoms with E-state index in [4.69, 9.17) is 21.4 Å². The first kappa shape index (κ1) is 34.9. The molecule has 2 fully saturated rings. The van der Waals surface area contributed by atoms with E-state index in [1.807, 2.05) is 13.8 Å². The van der Waals surface area contributed by atoms with Gasteiger partial charge in [-0.25, -0.2) is 0 Å². The Balaban J connectivity index is 1.43. The Labute approximate surface area is 278 Å². The minimum atomic E-state index is -5.80. The molecular formula is C31H34ClF2N4O7PS. The van der Waals surface area contributed by atoms with Crippen molar-refractivity contribution in [3.05, 3.63) is 64.0 Å². The first-order chi connectivity index (χ1) is 22.0. The van der Waals surface area contributed by atoms with Gasteiger partial charge in [-0.1, -0.05) is 17.7 Å². The fourth-order valence-electron chi connectivity index (χ4n) is 6.19. The van der Waals surface area contributed by atoms with E-state index in [0.29, 0.717) is 41.2 Å². The first-order valence-corrected chi connectivity index (χ1v) is 17.7. The normalized spacial score (nSPS) is 20.6. The zero-order valence-corrected chi connectivity index (χ0v) is 28.2. The van der Waals surface area contributed by atoms with Crippen molar-refractivity contribution in [2.75, 3.05) is 18.0 Å². The number of nitrogens with zero attached hydrogens (tertiary/aromatic N) is 3. The van der Waals surface area contributed by atoms with Gasteiger partial charge in [0.2, 0.25) is 17.7 Å². The second kappa shape index (κ2) is 13.2. The predicted molar refractivity (Wildman–Crippen MR) is 174 cm³/mol. The van der Waals surface area contributed by atoms with Crippen molar-refractivity contribution in [3.63, 3.8) is 0 Å². The molecule has 47 heavy (non-hydrogen) atoms. The van der Waals surface area contributed by atoms with Gasteiger partial charge in [-0.05, 0) is 81.0 Å². The molecule has 0 aliphatic carbocycles. The Morgan fingerprint density at radius 1 is 1.09 bits per heavy atom.